The maximum Gasteiger partial charge on any atom is 0.259 e. The number of phenolic OH excluding ortho intramolecular Hbond substituents is 1. The van der Waals surface area contributed by atoms with E-state index in [9.17, 15) is 14.3 Å². The fraction of sp³-hybridized carbons (Fsp3) is 0.148. The van der Waals surface area contributed by atoms with Gasteiger partial charge in [0.25, 0.3) is 5.91 Å². The molecule has 4 rings (SSSR count). The molecule has 0 aliphatic rings. The van der Waals surface area contributed by atoms with E-state index in [1.54, 1.807) is 36.0 Å². The Hall–Kier alpha value is -3.62. The lowest BCUT2D eigenvalue weighted by Gasteiger charge is -2.15. The van der Waals surface area contributed by atoms with Crippen LogP contribution < -0.4 is 10.6 Å². The molecule has 3 aromatic carbocycles. The summed E-state index contributed by atoms with van der Waals surface area (Å²) in [6.07, 6.45) is 1.77. The van der Waals surface area contributed by atoms with E-state index >= 15 is 0 Å². The van der Waals surface area contributed by atoms with Crippen molar-refractivity contribution in [3.8, 4) is 5.75 Å². The number of para-hydroxylation sites is 1. The summed E-state index contributed by atoms with van der Waals surface area (Å²) in [5, 5.41) is 15.6. The van der Waals surface area contributed by atoms with Crippen molar-refractivity contribution in [3.05, 3.63) is 101 Å². The molecule has 36 heavy (non-hydrogen) atoms. The number of nitrogens with one attached hydrogen (secondary N) is 2. The van der Waals surface area contributed by atoms with Crippen molar-refractivity contribution in [3.63, 3.8) is 0 Å². The number of thioether (sulfide) groups is 1. The summed E-state index contributed by atoms with van der Waals surface area (Å²) in [5.41, 5.74) is 2.24. The van der Waals surface area contributed by atoms with Gasteiger partial charge >= 0.3 is 0 Å². The zero-order valence-electron chi connectivity index (χ0n) is 19.6. The first-order chi connectivity index (χ1) is 17.3. The van der Waals surface area contributed by atoms with Crippen LogP contribution in [-0.4, -0.2) is 26.2 Å². The van der Waals surface area contributed by atoms with Gasteiger partial charge in [0.1, 0.15) is 11.6 Å². The lowest BCUT2D eigenvalue weighted by atomic mass is 10.1. The van der Waals surface area contributed by atoms with Crippen LogP contribution in [-0.2, 0) is 6.42 Å². The third kappa shape index (κ3) is 6.33. The van der Waals surface area contributed by atoms with Gasteiger partial charge in [-0.2, -0.15) is 0 Å². The van der Waals surface area contributed by atoms with Crippen molar-refractivity contribution < 1.29 is 14.3 Å². The number of benzene rings is 3. The Morgan fingerprint density at radius 1 is 1.08 bits per heavy atom. The number of aromatic hydroxyl groups is 1. The van der Waals surface area contributed by atoms with Gasteiger partial charge in [0.2, 0.25) is 5.95 Å². The molecule has 1 aromatic heterocycles. The number of nitrogens with zero attached hydrogens (tertiary/aromatic N) is 2. The third-order valence-electron chi connectivity index (χ3n) is 5.13. The fourth-order valence-corrected chi connectivity index (χ4v) is 4.64. The Kier molecular flexibility index (Phi) is 8.07. The summed E-state index contributed by atoms with van der Waals surface area (Å²) in [6, 6.07) is 18.6. The Morgan fingerprint density at radius 3 is 2.56 bits per heavy atom. The summed E-state index contributed by atoms with van der Waals surface area (Å²) in [4.78, 5) is 23.2. The average Bonchev–Trinajstić information content (AvgIpc) is 2.84. The molecule has 0 spiro atoms. The summed E-state index contributed by atoms with van der Waals surface area (Å²) in [7, 11) is 0. The van der Waals surface area contributed by atoms with Crippen molar-refractivity contribution in [2.75, 3.05) is 10.6 Å². The molecule has 3 N–H and O–H groups in total. The quantitative estimate of drug-likeness (QED) is 0.169. The van der Waals surface area contributed by atoms with Crippen LogP contribution in [0.1, 0.15) is 35.5 Å². The molecule has 6 nitrogen and oxygen atoms in total. The number of aromatic nitrogens is 2. The lowest BCUT2D eigenvalue weighted by Crippen LogP contribution is -2.18. The number of amides is 1. The van der Waals surface area contributed by atoms with Crippen LogP contribution in [0.3, 0.4) is 0 Å². The maximum absolute atomic E-state index is 14.3. The molecule has 184 valence electrons. The van der Waals surface area contributed by atoms with Crippen molar-refractivity contribution >= 4 is 46.6 Å². The minimum atomic E-state index is -0.636. The monoisotopic (exact) mass is 522 g/mol. The average molecular weight is 523 g/mol. The van der Waals surface area contributed by atoms with Crippen LogP contribution >= 0.6 is 23.4 Å². The first kappa shape index (κ1) is 25.5. The Bertz CT molecular complexity index is 1360. The van der Waals surface area contributed by atoms with Crippen molar-refractivity contribution in [1.29, 1.82) is 0 Å². The largest absolute Gasteiger partial charge is 0.508 e. The predicted octanol–water partition coefficient (Wildman–Crippen LogP) is 7.06. The highest BCUT2D eigenvalue weighted by Crippen LogP contribution is 2.30. The molecule has 0 saturated carbocycles. The van der Waals surface area contributed by atoms with E-state index in [-0.39, 0.29) is 28.0 Å². The molecule has 0 fully saturated rings. The summed E-state index contributed by atoms with van der Waals surface area (Å²) in [6.45, 7) is 4.23. The number of hydrogen-bond donors (Lipinski definition) is 3. The number of halogens is 2. The van der Waals surface area contributed by atoms with E-state index in [0.29, 0.717) is 23.1 Å². The number of carbonyl (C=O) groups is 1. The van der Waals surface area contributed by atoms with Gasteiger partial charge in [0.05, 0.1) is 22.0 Å². The van der Waals surface area contributed by atoms with Crippen LogP contribution in [0.2, 0.25) is 5.02 Å². The highest BCUT2D eigenvalue weighted by Gasteiger charge is 2.19. The summed E-state index contributed by atoms with van der Waals surface area (Å²) in [5.74, 6) is -0.782. The first-order valence-electron chi connectivity index (χ1n) is 11.2. The molecule has 0 atom stereocenters. The van der Waals surface area contributed by atoms with Gasteiger partial charge in [-0.3, -0.25) is 4.79 Å². The van der Waals surface area contributed by atoms with E-state index in [1.165, 1.54) is 24.4 Å². The number of carbonyl (C=O) groups excluding carboxylic acids is 1. The molecule has 4 aromatic rings. The molecule has 9 heteroatoms. The third-order valence-corrected chi connectivity index (χ3v) is 6.57. The molecule has 1 amide bonds. The second-order valence-electron chi connectivity index (χ2n) is 8.23. The van der Waals surface area contributed by atoms with E-state index in [1.807, 2.05) is 24.3 Å². The Morgan fingerprint density at radius 2 is 1.83 bits per heavy atom. The molecule has 0 bridgehead atoms. The number of hydrogen-bond acceptors (Lipinski definition) is 6. The van der Waals surface area contributed by atoms with E-state index in [0.717, 1.165) is 10.5 Å². The highest BCUT2D eigenvalue weighted by molar-refractivity contribution is 8.00. The van der Waals surface area contributed by atoms with E-state index in [2.05, 4.69) is 34.4 Å². The van der Waals surface area contributed by atoms with Crippen LogP contribution in [0.5, 0.6) is 5.75 Å². The van der Waals surface area contributed by atoms with E-state index in [4.69, 9.17) is 11.6 Å². The molecule has 0 aliphatic carbocycles. The Balaban J connectivity index is 1.71. The van der Waals surface area contributed by atoms with Gasteiger partial charge in [0, 0.05) is 28.5 Å². The molecule has 0 radical (unpaired) electrons. The standard InChI is InChI=1S/C27H24ClFN4O2S/c1-16(2)36-24-9-4-3-6-17(24)14-23-20(26(35)33-25-21(28)7-5-8-22(25)29)15-30-27(32-23)31-18-10-12-19(34)13-11-18/h3-13,15-16,34H,14H2,1-2H3,(H,33,35)(H,30,31,32). The van der Waals surface area contributed by atoms with Crippen molar-refractivity contribution in [2.24, 2.45) is 0 Å². The van der Waals surface area contributed by atoms with E-state index < -0.39 is 11.7 Å². The van der Waals surface area contributed by atoms with Crippen LogP contribution in [0.4, 0.5) is 21.7 Å². The minimum Gasteiger partial charge on any atom is -0.508 e. The van der Waals surface area contributed by atoms with Crippen molar-refractivity contribution in [1.82, 2.24) is 9.97 Å². The fourth-order valence-electron chi connectivity index (χ4n) is 3.47. The molecule has 1 heterocycles. The van der Waals surface area contributed by atoms with Gasteiger partial charge in [-0.15, -0.1) is 11.8 Å². The van der Waals surface area contributed by atoms with Gasteiger partial charge in [-0.05, 0) is 48.0 Å². The summed E-state index contributed by atoms with van der Waals surface area (Å²) >= 11 is 7.83. The van der Waals surface area contributed by atoms with Crippen LogP contribution in [0, 0.1) is 5.82 Å². The molecule has 0 saturated heterocycles. The predicted molar refractivity (Wildman–Crippen MR) is 143 cm³/mol. The van der Waals surface area contributed by atoms with Crippen LogP contribution in [0.15, 0.2) is 77.8 Å². The van der Waals surface area contributed by atoms with Crippen molar-refractivity contribution in [2.45, 2.75) is 30.4 Å². The number of anilines is 3. The molecule has 0 aliphatic heterocycles. The van der Waals surface area contributed by atoms with Crippen LogP contribution in [0.25, 0.3) is 0 Å². The lowest BCUT2D eigenvalue weighted by molar-refractivity contribution is 0.102. The smallest absolute Gasteiger partial charge is 0.259 e. The highest BCUT2D eigenvalue weighted by atomic mass is 35.5. The molecular formula is C27H24ClFN4O2S. The Labute approximate surface area is 218 Å². The SMILES string of the molecule is CC(C)Sc1ccccc1Cc1nc(Nc2ccc(O)cc2)ncc1C(=O)Nc1c(F)cccc1Cl. The van der Waals surface area contributed by atoms with Gasteiger partial charge in [-0.25, -0.2) is 14.4 Å². The minimum absolute atomic E-state index is 0.0927. The second-order valence-corrected chi connectivity index (χ2v) is 10.3. The second kappa shape index (κ2) is 11.4. The number of rotatable bonds is 8. The molecular weight excluding hydrogens is 499 g/mol. The first-order valence-corrected chi connectivity index (χ1v) is 12.5. The number of phenols is 1. The normalized spacial score (nSPS) is 10.9. The van der Waals surface area contributed by atoms with Gasteiger partial charge < -0.3 is 15.7 Å². The maximum atomic E-state index is 14.3. The topological polar surface area (TPSA) is 87.1 Å². The zero-order chi connectivity index (χ0) is 25.7. The van der Waals surface area contributed by atoms with Gasteiger partial charge in [-0.1, -0.05) is 49.7 Å². The molecule has 0 unspecified atom stereocenters. The summed E-state index contributed by atoms with van der Waals surface area (Å²) < 4.78 is 14.3. The zero-order valence-corrected chi connectivity index (χ0v) is 21.2. The van der Waals surface area contributed by atoms with Gasteiger partial charge in [0.15, 0.2) is 0 Å².